The molecule has 2 heterocycles. The quantitative estimate of drug-likeness (QED) is 0.777. The number of rotatable bonds is 4. The highest BCUT2D eigenvalue weighted by molar-refractivity contribution is 5.96. The topological polar surface area (TPSA) is 51.7 Å². The van der Waals surface area contributed by atoms with Crippen molar-refractivity contribution < 1.29 is 14.3 Å². The fraction of sp³-hybridized carbons (Fsp3) is 0.429. The Morgan fingerprint density at radius 1 is 1.19 bits per heavy atom. The predicted molar refractivity (Wildman–Crippen MR) is 102 cm³/mol. The van der Waals surface area contributed by atoms with Gasteiger partial charge in [-0.15, -0.1) is 0 Å². The van der Waals surface area contributed by atoms with Crippen molar-refractivity contribution in [3.05, 3.63) is 53.7 Å². The van der Waals surface area contributed by atoms with Gasteiger partial charge in [0.05, 0.1) is 17.8 Å². The normalized spacial score (nSPS) is 17.2. The third kappa shape index (κ3) is 4.54. The number of carbonyl (C=O) groups is 1. The van der Waals surface area contributed by atoms with Crippen LogP contribution < -0.4 is 9.64 Å². The van der Waals surface area contributed by atoms with Crippen molar-refractivity contribution in [2.45, 2.75) is 45.8 Å². The van der Waals surface area contributed by atoms with E-state index in [0.717, 1.165) is 30.8 Å². The molecule has 1 saturated heterocycles. The average molecular weight is 354 g/mol. The fourth-order valence-corrected chi connectivity index (χ4v) is 2.99. The van der Waals surface area contributed by atoms with Crippen LogP contribution in [0.5, 0.6) is 5.88 Å². The van der Waals surface area contributed by atoms with E-state index in [0.29, 0.717) is 11.4 Å². The Kier molecular flexibility index (Phi) is 5.16. The fourth-order valence-electron chi connectivity index (χ4n) is 2.99. The summed E-state index contributed by atoms with van der Waals surface area (Å²) in [5.41, 5.74) is 2.08. The number of benzene rings is 1. The molecule has 5 heteroatoms. The van der Waals surface area contributed by atoms with Gasteiger partial charge in [0.15, 0.2) is 0 Å². The van der Waals surface area contributed by atoms with E-state index in [9.17, 15) is 4.79 Å². The first kappa shape index (κ1) is 18.2. The third-order valence-electron chi connectivity index (χ3n) is 4.18. The Bertz CT molecular complexity index is 766. The summed E-state index contributed by atoms with van der Waals surface area (Å²) >= 11 is 0. The first-order chi connectivity index (χ1) is 12.3. The average Bonchev–Trinajstić information content (AvgIpc) is 3.04. The van der Waals surface area contributed by atoms with Crippen molar-refractivity contribution in [2.24, 2.45) is 0 Å². The van der Waals surface area contributed by atoms with Crippen LogP contribution in [-0.2, 0) is 4.74 Å². The molecular weight excluding hydrogens is 328 g/mol. The lowest BCUT2D eigenvalue weighted by molar-refractivity contribution is 0.00702. The summed E-state index contributed by atoms with van der Waals surface area (Å²) in [7, 11) is 0. The maximum Gasteiger partial charge on any atom is 0.340 e. The van der Waals surface area contributed by atoms with Gasteiger partial charge in [-0.3, -0.25) is 0 Å². The van der Waals surface area contributed by atoms with Crippen LogP contribution in [0.1, 0.15) is 43.1 Å². The number of ether oxygens (including phenoxy) is 2. The molecule has 0 amide bonds. The maximum absolute atomic E-state index is 12.6. The Morgan fingerprint density at radius 3 is 2.65 bits per heavy atom. The summed E-state index contributed by atoms with van der Waals surface area (Å²) in [6, 6.07) is 11.5. The molecule has 0 radical (unpaired) electrons. The number of anilines is 1. The molecule has 3 rings (SSSR count). The Labute approximate surface area is 155 Å². The molecule has 1 fully saturated rings. The van der Waals surface area contributed by atoms with Gasteiger partial charge < -0.3 is 14.4 Å². The first-order valence-electron chi connectivity index (χ1n) is 8.98. The lowest BCUT2D eigenvalue weighted by Crippen LogP contribution is -2.28. The van der Waals surface area contributed by atoms with Crippen molar-refractivity contribution in [3.63, 3.8) is 0 Å². The lowest BCUT2D eigenvalue weighted by atomic mass is 10.1. The highest BCUT2D eigenvalue weighted by Crippen LogP contribution is 2.28. The van der Waals surface area contributed by atoms with Gasteiger partial charge >= 0.3 is 5.97 Å². The lowest BCUT2D eigenvalue weighted by Gasteiger charge is -2.24. The molecule has 0 aliphatic carbocycles. The molecule has 0 unspecified atom stereocenters. The summed E-state index contributed by atoms with van der Waals surface area (Å²) in [5, 5.41) is 0. The minimum atomic E-state index is -0.516. The number of esters is 1. The number of nitrogens with zero attached hydrogens (tertiary/aromatic N) is 2. The van der Waals surface area contributed by atoms with Gasteiger partial charge in [0.2, 0.25) is 5.88 Å². The number of aryl methyl sites for hydroxylation is 1. The molecule has 0 spiro atoms. The summed E-state index contributed by atoms with van der Waals surface area (Å²) in [5.74, 6) is 0.348. The minimum absolute atomic E-state index is 0.0527. The van der Waals surface area contributed by atoms with E-state index in [1.807, 2.05) is 64.1 Å². The zero-order valence-corrected chi connectivity index (χ0v) is 15.9. The number of carbonyl (C=O) groups excluding carboxylic acids is 1. The molecule has 2 aromatic rings. The minimum Gasteiger partial charge on any atom is -0.472 e. The Hall–Kier alpha value is -2.56. The maximum atomic E-state index is 12.6. The van der Waals surface area contributed by atoms with Crippen LogP contribution in [0.3, 0.4) is 0 Å². The monoisotopic (exact) mass is 354 g/mol. The van der Waals surface area contributed by atoms with E-state index >= 15 is 0 Å². The largest absolute Gasteiger partial charge is 0.472 e. The van der Waals surface area contributed by atoms with Gasteiger partial charge in [-0.05, 0) is 45.4 Å². The second-order valence-electron chi connectivity index (χ2n) is 7.67. The summed E-state index contributed by atoms with van der Waals surface area (Å²) in [6.07, 6.45) is 2.75. The molecule has 0 saturated carbocycles. The van der Waals surface area contributed by atoms with Crippen LogP contribution in [0.25, 0.3) is 0 Å². The third-order valence-corrected chi connectivity index (χ3v) is 4.18. The summed E-state index contributed by atoms with van der Waals surface area (Å²) in [4.78, 5) is 19.0. The summed E-state index contributed by atoms with van der Waals surface area (Å²) < 4.78 is 11.5. The standard InChI is InChI=1S/C21H26N2O3/c1-15-9-10-19(22-13-15)25-16-11-12-23(14-16)18-8-6-5-7-17(18)20(24)26-21(2,3)4/h5-10,13,16H,11-12,14H2,1-4H3/t16-/m0/s1. The van der Waals surface area contributed by atoms with Crippen molar-refractivity contribution in [3.8, 4) is 5.88 Å². The SMILES string of the molecule is Cc1ccc(O[C@H]2CCN(c3ccccc3C(=O)OC(C)(C)C)C2)nc1. The number of para-hydroxylation sites is 1. The van der Waals surface area contributed by atoms with Crippen molar-refractivity contribution in [1.29, 1.82) is 0 Å². The van der Waals surface area contributed by atoms with Crippen LogP contribution in [0, 0.1) is 6.92 Å². The van der Waals surface area contributed by atoms with E-state index in [2.05, 4.69) is 9.88 Å². The predicted octanol–water partition coefficient (Wildman–Crippen LogP) is 4.00. The molecule has 5 nitrogen and oxygen atoms in total. The number of aromatic nitrogens is 1. The van der Waals surface area contributed by atoms with E-state index in [1.54, 1.807) is 6.20 Å². The van der Waals surface area contributed by atoms with Crippen molar-refractivity contribution in [2.75, 3.05) is 18.0 Å². The number of pyridine rings is 1. The van der Waals surface area contributed by atoms with Crippen LogP contribution in [-0.4, -0.2) is 35.7 Å². The van der Waals surface area contributed by atoms with Gasteiger partial charge in [-0.25, -0.2) is 9.78 Å². The molecule has 1 aliphatic rings. The first-order valence-corrected chi connectivity index (χ1v) is 8.98. The molecule has 0 N–H and O–H groups in total. The van der Waals surface area contributed by atoms with Gasteiger partial charge in [0.1, 0.15) is 11.7 Å². The Morgan fingerprint density at radius 2 is 1.96 bits per heavy atom. The van der Waals surface area contributed by atoms with Gasteiger partial charge in [-0.1, -0.05) is 18.2 Å². The molecule has 0 bridgehead atoms. The Balaban J connectivity index is 1.70. The van der Waals surface area contributed by atoms with Gasteiger partial charge in [-0.2, -0.15) is 0 Å². The van der Waals surface area contributed by atoms with Crippen LogP contribution >= 0.6 is 0 Å². The molecule has 1 aromatic carbocycles. The summed E-state index contributed by atoms with van der Waals surface area (Å²) in [6.45, 7) is 9.18. The highest BCUT2D eigenvalue weighted by atomic mass is 16.6. The zero-order valence-electron chi connectivity index (χ0n) is 15.9. The van der Waals surface area contributed by atoms with Crippen LogP contribution in [0.15, 0.2) is 42.6 Å². The molecule has 138 valence electrons. The highest BCUT2D eigenvalue weighted by Gasteiger charge is 2.28. The molecule has 1 aromatic heterocycles. The number of hydrogen-bond acceptors (Lipinski definition) is 5. The second-order valence-corrected chi connectivity index (χ2v) is 7.67. The molecule has 1 aliphatic heterocycles. The van der Waals surface area contributed by atoms with E-state index in [1.165, 1.54) is 0 Å². The number of hydrogen-bond donors (Lipinski definition) is 0. The van der Waals surface area contributed by atoms with Gasteiger partial charge in [0.25, 0.3) is 0 Å². The molecule has 1 atom stereocenters. The zero-order chi connectivity index (χ0) is 18.7. The van der Waals surface area contributed by atoms with Gasteiger partial charge in [0, 0.05) is 25.2 Å². The van der Waals surface area contributed by atoms with Crippen molar-refractivity contribution >= 4 is 11.7 Å². The molecule has 26 heavy (non-hydrogen) atoms. The smallest absolute Gasteiger partial charge is 0.340 e. The van der Waals surface area contributed by atoms with Crippen LogP contribution in [0.2, 0.25) is 0 Å². The second kappa shape index (κ2) is 7.36. The van der Waals surface area contributed by atoms with Crippen LogP contribution in [0.4, 0.5) is 5.69 Å². The van der Waals surface area contributed by atoms with E-state index in [-0.39, 0.29) is 12.1 Å². The molecular formula is C21H26N2O3. The van der Waals surface area contributed by atoms with E-state index in [4.69, 9.17) is 9.47 Å². The van der Waals surface area contributed by atoms with Crippen molar-refractivity contribution in [1.82, 2.24) is 4.98 Å². The van der Waals surface area contributed by atoms with E-state index < -0.39 is 5.60 Å².